The highest BCUT2D eigenvalue weighted by molar-refractivity contribution is 6.31. The van der Waals surface area contributed by atoms with Crippen molar-refractivity contribution in [1.82, 2.24) is 5.32 Å². The first-order valence-electron chi connectivity index (χ1n) is 13.0. The quantitative estimate of drug-likeness (QED) is 0.243. The van der Waals surface area contributed by atoms with E-state index in [1.165, 1.54) is 55.6 Å². The van der Waals surface area contributed by atoms with Crippen LogP contribution in [0.15, 0.2) is 54.6 Å². The number of amides is 1. The van der Waals surface area contributed by atoms with Crippen molar-refractivity contribution in [2.75, 3.05) is 12.4 Å². The van der Waals surface area contributed by atoms with E-state index >= 15 is 8.78 Å². The van der Waals surface area contributed by atoms with E-state index in [-0.39, 0.29) is 38.2 Å². The molecule has 3 aromatic rings. The van der Waals surface area contributed by atoms with Crippen LogP contribution in [-0.2, 0) is 10.3 Å². The summed E-state index contributed by atoms with van der Waals surface area (Å²) in [6, 6.07) is 10.1. The van der Waals surface area contributed by atoms with Crippen molar-refractivity contribution in [3.63, 3.8) is 0 Å². The molecule has 0 aromatic heterocycles. The fourth-order valence-electron chi connectivity index (χ4n) is 5.66. The van der Waals surface area contributed by atoms with E-state index < -0.39 is 52.5 Å². The zero-order chi connectivity index (χ0) is 31.0. The minimum Gasteiger partial charge on any atom is -0.495 e. The first-order chi connectivity index (χ1) is 19.7. The van der Waals surface area contributed by atoms with E-state index in [0.717, 1.165) is 6.07 Å². The summed E-state index contributed by atoms with van der Waals surface area (Å²) in [6.45, 7) is 14.3. The lowest BCUT2D eigenvalue weighted by molar-refractivity contribution is -0.118. The smallest absolute Gasteiger partial charge is 0.335 e. The molecule has 4 atom stereocenters. The number of carbonyl (C=O) groups is 2. The SMILES string of the molecule is [C-]#[N+][C@]1(c2ccc(Cl)cc2F)[C@H](CC(C)(C)C)N[C@@H](C(=O)Nc2ccc(C(=O)O)cc2OC)[C@@H]1c1cccc(Cl)c1F. The van der Waals surface area contributed by atoms with Gasteiger partial charge < -0.3 is 20.0 Å². The molecule has 0 unspecified atom stereocenters. The molecule has 4 rings (SSSR count). The number of hydrogen-bond acceptors (Lipinski definition) is 4. The molecule has 0 spiro atoms. The van der Waals surface area contributed by atoms with Crippen LogP contribution in [-0.4, -0.2) is 36.2 Å². The van der Waals surface area contributed by atoms with E-state index in [9.17, 15) is 14.7 Å². The number of aromatic carboxylic acids is 1. The predicted octanol–water partition coefficient (Wildman–Crippen LogP) is 7.29. The van der Waals surface area contributed by atoms with Crippen LogP contribution in [0.1, 0.15) is 54.6 Å². The summed E-state index contributed by atoms with van der Waals surface area (Å²) in [6.07, 6.45) is 0.316. The number of methoxy groups -OCH3 is 1. The number of nitrogens with one attached hydrogen (secondary N) is 2. The third kappa shape index (κ3) is 5.80. The van der Waals surface area contributed by atoms with Gasteiger partial charge in [0, 0.05) is 10.6 Å². The lowest BCUT2D eigenvalue weighted by Crippen LogP contribution is -2.44. The molecule has 1 aliphatic rings. The number of carbonyl (C=O) groups excluding carboxylic acids is 1. The van der Waals surface area contributed by atoms with Crippen molar-refractivity contribution >= 4 is 40.8 Å². The third-order valence-corrected chi connectivity index (χ3v) is 7.92. The molecule has 11 heteroatoms. The van der Waals surface area contributed by atoms with Gasteiger partial charge in [0.25, 0.3) is 5.54 Å². The maximum atomic E-state index is 15.8. The topological polar surface area (TPSA) is 92.0 Å². The second-order valence-electron chi connectivity index (χ2n) is 11.4. The summed E-state index contributed by atoms with van der Waals surface area (Å²) in [5.74, 6) is -4.61. The van der Waals surface area contributed by atoms with Crippen LogP contribution in [0.5, 0.6) is 5.75 Å². The first-order valence-corrected chi connectivity index (χ1v) is 13.8. The molecule has 3 N–H and O–H groups in total. The Bertz CT molecular complexity index is 1590. The molecule has 7 nitrogen and oxygen atoms in total. The van der Waals surface area contributed by atoms with Crippen molar-refractivity contribution in [2.24, 2.45) is 5.41 Å². The minimum absolute atomic E-state index is 0.0354. The molecule has 0 radical (unpaired) electrons. The van der Waals surface area contributed by atoms with Gasteiger partial charge in [0.05, 0.1) is 40.9 Å². The molecule has 1 fully saturated rings. The van der Waals surface area contributed by atoms with Crippen molar-refractivity contribution in [2.45, 2.75) is 50.7 Å². The molecule has 42 heavy (non-hydrogen) atoms. The number of ether oxygens (including phenoxy) is 1. The molecule has 1 aliphatic heterocycles. The highest BCUT2D eigenvalue weighted by Crippen LogP contribution is 2.54. The second kappa shape index (κ2) is 11.9. The third-order valence-electron chi connectivity index (χ3n) is 7.39. The first kappa shape index (κ1) is 31.2. The number of rotatable bonds is 7. The largest absolute Gasteiger partial charge is 0.495 e. The van der Waals surface area contributed by atoms with Gasteiger partial charge in [-0.25, -0.2) is 20.1 Å². The fraction of sp³-hybridized carbons (Fsp3) is 0.323. The molecule has 0 bridgehead atoms. The van der Waals surface area contributed by atoms with Gasteiger partial charge >= 0.3 is 5.97 Å². The molecule has 1 saturated heterocycles. The Kier molecular flexibility index (Phi) is 8.84. The van der Waals surface area contributed by atoms with E-state index in [1.54, 1.807) is 0 Å². The van der Waals surface area contributed by atoms with Gasteiger partial charge in [-0.05, 0) is 54.3 Å². The Labute approximate surface area is 252 Å². The summed E-state index contributed by atoms with van der Waals surface area (Å²) in [5, 5.41) is 15.2. The van der Waals surface area contributed by atoms with Crippen LogP contribution < -0.4 is 15.4 Å². The molecule has 1 amide bonds. The van der Waals surface area contributed by atoms with Crippen LogP contribution in [0, 0.1) is 23.6 Å². The van der Waals surface area contributed by atoms with Gasteiger partial charge in [-0.1, -0.05) is 56.1 Å². The Morgan fingerprint density at radius 2 is 1.86 bits per heavy atom. The van der Waals surface area contributed by atoms with Gasteiger partial charge in [-0.3, -0.25) is 10.1 Å². The highest BCUT2D eigenvalue weighted by Gasteiger charge is 2.66. The van der Waals surface area contributed by atoms with Crippen LogP contribution in [0.4, 0.5) is 14.5 Å². The van der Waals surface area contributed by atoms with Crippen molar-refractivity contribution in [3.8, 4) is 5.75 Å². The van der Waals surface area contributed by atoms with Gasteiger partial charge in [-0.15, -0.1) is 0 Å². The molecule has 220 valence electrons. The number of halogens is 4. The van der Waals surface area contributed by atoms with Gasteiger partial charge in [-0.2, -0.15) is 0 Å². The summed E-state index contributed by atoms with van der Waals surface area (Å²) in [5.41, 5.74) is -2.16. The highest BCUT2D eigenvalue weighted by atomic mass is 35.5. The number of carboxylic acids is 1. The van der Waals surface area contributed by atoms with Crippen LogP contribution in [0.25, 0.3) is 4.85 Å². The zero-order valence-corrected chi connectivity index (χ0v) is 24.8. The number of carboxylic acid groups (broad SMARTS) is 1. The summed E-state index contributed by atoms with van der Waals surface area (Å²) in [4.78, 5) is 29.5. The van der Waals surface area contributed by atoms with Crippen LogP contribution in [0.2, 0.25) is 10.0 Å². The average molecular weight is 616 g/mol. The van der Waals surface area contributed by atoms with Gasteiger partial charge in [0.15, 0.2) is 0 Å². The zero-order valence-electron chi connectivity index (χ0n) is 23.3. The van der Waals surface area contributed by atoms with Crippen molar-refractivity contribution in [3.05, 3.63) is 104 Å². The summed E-state index contributed by atoms with van der Waals surface area (Å²) in [7, 11) is 1.32. The normalized spacial score (nSPS) is 21.9. The Morgan fingerprint density at radius 1 is 1.14 bits per heavy atom. The van der Waals surface area contributed by atoms with Gasteiger partial charge in [0.2, 0.25) is 5.91 Å². The molecule has 0 aliphatic carbocycles. The molecule has 3 aromatic carbocycles. The Morgan fingerprint density at radius 3 is 2.45 bits per heavy atom. The Hall–Kier alpha value is -3.71. The van der Waals surface area contributed by atoms with E-state index in [0.29, 0.717) is 6.42 Å². The monoisotopic (exact) mass is 615 g/mol. The lowest BCUT2D eigenvalue weighted by atomic mass is 9.68. The average Bonchev–Trinajstić information content (AvgIpc) is 3.23. The maximum Gasteiger partial charge on any atom is 0.335 e. The van der Waals surface area contributed by atoms with Crippen molar-refractivity contribution in [1.29, 1.82) is 0 Å². The minimum atomic E-state index is -1.80. The van der Waals surface area contributed by atoms with Crippen LogP contribution >= 0.6 is 23.2 Å². The standard InChI is InChI=1S/C31H29Cl2F2N3O4/c1-30(2,3)15-24-31(36-4,19-11-10-17(32)14-21(19)34)25(18-7-6-8-20(33)26(18)35)27(38-24)28(39)37-22-12-9-16(29(40)41)13-23(22)42-5/h6-14,24-25,27,38H,15H2,1-3,5H3,(H,37,39)(H,40,41)/t24-,25-,27+,31+/m0/s1. The molecular weight excluding hydrogens is 587 g/mol. The number of hydrogen-bond donors (Lipinski definition) is 3. The van der Waals surface area contributed by atoms with E-state index in [1.807, 2.05) is 20.8 Å². The predicted molar refractivity (Wildman–Crippen MR) is 157 cm³/mol. The molecule has 0 saturated carbocycles. The van der Waals surface area contributed by atoms with Crippen molar-refractivity contribution < 1.29 is 28.2 Å². The van der Waals surface area contributed by atoms with E-state index in [4.69, 9.17) is 34.5 Å². The second-order valence-corrected chi connectivity index (χ2v) is 12.2. The lowest BCUT2D eigenvalue weighted by Gasteiger charge is -2.33. The van der Waals surface area contributed by atoms with E-state index in [2.05, 4.69) is 15.5 Å². The Balaban J connectivity index is 1.95. The molecule has 1 heterocycles. The number of nitrogens with zero attached hydrogens (tertiary/aromatic N) is 1. The number of benzene rings is 3. The summed E-state index contributed by atoms with van der Waals surface area (Å²) >= 11 is 12.2. The fourth-order valence-corrected chi connectivity index (χ4v) is 6.00. The summed E-state index contributed by atoms with van der Waals surface area (Å²) < 4.78 is 36.8. The maximum absolute atomic E-state index is 15.8. The number of anilines is 1. The van der Waals surface area contributed by atoms with Gasteiger partial charge in [0.1, 0.15) is 23.4 Å². The van der Waals surface area contributed by atoms with Crippen LogP contribution in [0.3, 0.4) is 0 Å². The molecular formula is C31H29Cl2F2N3O4.